The lowest BCUT2D eigenvalue weighted by Crippen LogP contribution is -2.42. The van der Waals surface area contributed by atoms with Crippen molar-refractivity contribution in [3.8, 4) is 0 Å². The summed E-state index contributed by atoms with van der Waals surface area (Å²) >= 11 is 0. The largest absolute Gasteiger partial charge is 0.306 e. The van der Waals surface area contributed by atoms with Crippen LogP contribution in [0.3, 0.4) is 0 Å². The maximum Gasteiger partial charge on any atom is 0.152 e. The highest BCUT2D eigenvalue weighted by molar-refractivity contribution is 7.91. The van der Waals surface area contributed by atoms with Crippen LogP contribution in [0.2, 0.25) is 0 Å². The number of hydrogen-bond acceptors (Lipinski definition) is 3. The number of sulfone groups is 1. The molecule has 17 heavy (non-hydrogen) atoms. The zero-order valence-electron chi connectivity index (χ0n) is 9.74. The summed E-state index contributed by atoms with van der Waals surface area (Å²) in [7, 11) is -2.92. The van der Waals surface area contributed by atoms with Gasteiger partial charge in [-0.25, -0.2) is 12.8 Å². The number of halogens is 1. The van der Waals surface area contributed by atoms with E-state index in [0.29, 0.717) is 18.5 Å². The van der Waals surface area contributed by atoms with Gasteiger partial charge in [0.2, 0.25) is 0 Å². The van der Waals surface area contributed by atoms with Crippen LogP contribution in [0.1, 0.15) is 18.9 Å². The minimum absolute atomic E-state index is 0.133. The summed E-state index contributed by atoms with van der Waals surface area (Å²) in [4.78, 5) is 0. The van der Waals surface area contributed by atoms with E-state index in [0.717, 1.165) is 0 Å². The second-order valence-electron chi connectivity index (χ2n) is 4.85. The van der Waals surface area contributed by atoms with Crippen LogP contribution >= 0.6 is 0 Å². The van der Waals surface area contributed by atoms with E-state index >= 15 is 0 Å². The third-order valence-corrected chi connectivity index (χ3v) is 5.07. The Kier molecular flexibility index (Phi) is 3.23. The van der Waals surface area contributed by atoms with Crippen LogP contribution in [-0.4, -0.2) is 25.5 Å². The van der Waals surface area contributed by atoms with E-state index in [1.807, 2.05) is 6.92 Å². The lowest BCUT2D eigenvalue weighted by molar-refractivity contribution is 0.391. The van der Waals surface area contributed by atoms with Gasteiger partial charge in [-0.3, -0.25) is 0 Å². The van der Waals surface area contributed by atoms with Crippen molar-refractivity contribution in [3.05, 3.63) is 35.6 Å². The van der Waals surface area contributed by atoms with Crippen LogP contribution in [0.15, 0.2) is 24.3 Å². The third kappa shape index (κ3) is 3.04. The molecule has 1 fully saturated rings. The molecule has 1 N–H and O–H groups in total. The fraction of sp³-hybridized carbons (Fsp3) is 0.500. The van der Waals surface area contributed by atoms with Crippen molar-refractivity contribution in [3.63, 3.8) is 0 Å². The quantitative estimate of drug-likeness (QED) is 0.892. The Labute approximate surface area is 101 Å². The zero-order chi connectivity index (χ0) is 12.5. The standard InChI is InChI=1S/C12H16FNO2S/c1-12(6-7-17(15,16)9-12)14-8-10-4-2-3-5-11(10)13/h2-5,14H,6-9H2,1H3. The highest BCUT2D eigenvalue weighted by atomic mass is 32.2. The molecule has 1 aromatic carbocycles. The van der Waals surface area contributed by atoms with Crippen LogP contribution < -0.4 is 5.32 Å². The Morgan fingerprint density at radius 1 is 1.41 bits per heavy atom. The minimum atomic E-state index is -2.92. The minimum Gasteiger partial charge on any atom is -0.306 e. The monoisotopic (exact) mass is 257 g/mol. The molecule has 1 heterocycles. The van der Waals surface area contributed by atoms with Crippen molar-refractivity contribution >= 4 is 9.84 Å². The summed E-state index contributed by atoms with van der Waals surface area (Å²) in [5, 5.41) is 3.15. The molecule has 1 aromatic rings. The van der Waals surface area contributed by atoms with E-state index in [1.165, 1.54) is 6.07 Å². The van der Waals surface area contributed by atoms with Crippen molar-refractivity contribution in [2.75, 3.05) is 11.5 Å². The number of rotatable bonds is 3. The van der Waals surface area contributed by atoms with Crippen LogP contribution in [-0.2, 0) is 16.4 Å². The molecular weight excluding hydrogens is 241 g/mol. The molecule has 1 saturated heterocycles. The number of nitrogens with one attached hydrogen (secondary N) is 1. The molecular formula is C12H16FNO2S. The molecule has 2 rings (SSSR count). The highest BCUT2D eigenvalue weighted by Gasteiger charge is 2.37. The van der Waals surface area contributed by atoms with E-state index in [9.17, 15) is 12.8 Å². The van der Waals surface area contributed by atoms with Crippen molar-refractivity contribution in [1.29, 1.82) is 0 Å². The summed E-state index contributed by atoms with van der Waals surface area (Å²) in [6.45, 7) is 2.23. The molecule has 5 heteroatoms. The molecule has 94 valence electrons. The van der Waals surface area contributed by atoms with E-state index in [1.54, 1.807) is 18.2 Å². The fourth-order valence-electron chi connectivity index (χ4n) is 2.10. The molecule has 1 aliphatic heterocycles. The van der Waals surface area contributed by atoms with E-state index in [4.69, 9.17) is 0 Å². The first-order valence-electron chi connectivity index (χ1n) is 5.59. The summed E-state index contributed by atoms with van der Waals surface area (Å²) in [6.07, 6.45) is 0.587. The molecule has 1 unspecified atom stereocenters. The van der Waals surface area contributed by atoms with Gasteiger partial charge in [0.05, 0.1) is 11.5 Å². The van der Waals surface area contributed by atoms with Crippen molar-refractivity contribution in [2.45, 2.75) is 25.4 Å². The van der Waals surface area contributed by atoms with Gasteiger partial charge in [-0.15, -0.1) is 0 Å². The Morgan fingerprint density at radius 3 is 2.71 bits per heavy atom. The van der Waals surface area contributed by atoms with Gasteiger partial charge >= 0.3 is 0 Å². The normalized spacial score (nSPS) is 27.2. The lowest BCUT2D eigenvalue weighted by atomic mass is 10.0. The van der Waals surface area contributed by atoms with Crippen molar-refractivity contribution in [1.82, 2.24) is 5.32 Å². The average Bonchev–Trinajstić information content (AvgIpc) is 2.53. The first kappa shape index (κ1) is 12.5. The molecule has 0 radical (unpaired) electrons. The van der Waals surface area contributed by atoms with Crippen molar-refractivity contribution in [2.24, 2.45) is 0 Å². The molecule has 0 aromatic heterocycles. The van der Waals surface area contributed by atoms with Gasteiger partial charge in [0.15, 0.2) is 9.84 Å². The van der Waals surface area contributed by atoms with E-state index < -0.39 is 15.4 Å². The summed E-state index contributed by atoms with van der Waals surface area (Å²) in [5.74, 6) is 0.0897. The van der Waals surface area contributed by atoms with Gasteiger partial charge in [-0.2, -0.15) is 0 Å². The molecule has 1 aliphatic rings. The Bertz CT molecular complexity index is 515. The predicted molar refractivity (Wildman–Crippen MR) is 64.9 cm³/mol. The van der Waals surface area contributed by atoms with Gasteiger partial charge in [0.1, 0.15) is 5.82 Å². The van der Waals surface area contributed by atoms with Crippen LogP contribution in [0.4, 0.5) is 4.39 Å². The number of hydrogen-bond donors (Lipinski definition) is 1. The molecule has 0 amide bonds. The highest BCUT2D eigenvalue weighted by Crippen LogP contribution is 2.23. The second-order valence-corrected chi connectivity index (χ2v) is 7.03. The lowest BCUT2D eigenvalue weighted by Gasteiger charge is -2.24. The average molecular weight is 257 g/mol. The van der Waals surface area contributed by atoms with Crippen LogP contribution in [0.25, 0.3) is 0 Å². The smallest absolute Gasteiger partial charge is 0.152 e. The molecule has 0 aliphatic carbocycles. The van der Waals surface area contributed by atoms with Gasteiger partial charge in [-0.05, 0) is 19.4 Å². The first-order valence-corrected chi connectivity index (χ1v) is 7.41. The summed E-state index contributed by atoms with van der Waals surface area (Å²) in [6, 6.07) is 6.52. The predicted octanol–water partition coefficient (Wildman–Crippen LogP) is 1.49. The summed E-state index contributed by atoms with van der Waals surface area (Å²) in [5.41, 5.74) is 0.138. The van der Waals surface area contributed by atoms with Crippen LogP contribution in [0.5, 0.6) is 0 Å². The Morgan fingerprint density at radius 2 is 2.12 bits per heavy atom. The third-order valence-electron chi connectivity index (χ3n) is 3.17. The maximum atomic E-state index is 13.4. The van der Waals surface area contributed by atoms with E-state index in [2.05, 4.69) is 5.32 Å². The van der Waals surface area contributed by atoms with Gasteiger partial charge in [0, 0.05) is 17.6 Å². The molecule has 0 saturated carbocycles. The molecule has 0 bridgehead atoms. The van der Waals surface area contributed by atoms with Gasteiger partial charge in [0.25, 0.3) is 0 Å². The number of benzene rings is 1. The van der Waals surface area contributed by atoms with Gasteiger partial charge in [-0.1, -0.05) is 18.2 Å². The van der Waals surface area contributed by atoms with Gasteiger partial charge < -0.3 is 5.32 Å². The molecule has 3 nitrogen and oxygen atoms in total. The Balaban J connectivity index is 2.02. The van der Waals surface area contributed by atoms with Crippen LogP contribution in [0, 0.1) is 5.82 Å². The van der Waals surface area contributed by atoms with Crippen molar-refractivity contribution < 1.29 is 12.8 Å². The SMILES string of the molecule is CC1(NCc2ccccc2F)CCS(=O)(=O)C1. The maximum absolute atomic E-state index is 13.4. The Hall–Kier alpha value is -0.940. The topological polar surface area (TPSA) is 46.2 Å². The molecule has 0 spiro atoms. The zero-order valence-corrected chi connectivity index (χ0v) is 10.6. The first-order chi connectivity index (χ1) is 7.90. The second kappa shape index (κ2) is 4.38. The molecule has 1 atom stereocenters. The summed E-state index contributed by atoms with van der Waals surface area (Å²) < 4.78 is 36.2. The fourth-order valence-corrected chi connectivity index (χ4v) is 4.22. The van der Waals surface area contributed by atoms with E-state index in [-0.39, 0.29) is 17.3 Å².